The van der Waals surface area contributed by atoms with Gasteiger partial charge in [0, 0.05) is 0 Å². The third-order valence-corrected chi connectivity index (χ3v) is 4.84. The van der Waals surface area contributed by atoms with Crippen LogP contribution < -0.4 is 5.01 Å². The number of hydrogen-bond acceptors (Lipinski definition) is 5. The SMILES string of the molecule is CC[C@](C)(c1nnnn1-c1c(C)cccc1C)N(N=O)c1ccccc1. The Kier molecular flexibility index (Phi) is 4.79. The van der Waals surface area contributed by atoms with Crippen molar-refractivity contribution in [1.82, 2.24) is 20.2 Å². The summed E-state index contributed by atoms with van der Waals surface area (Å²) in [6, 6.07) is 15.4. The molecule has 0 unspecified atom stereocenters. The first-order chi connectivity index (χ1) is 12.5. The molecule has 0 aliphatic carbocycles. The van der Waals surface area contributed by atoms with Crippen LogP contribution in [0.15, 0.2) is 53.8 Å². The second-order valence-corrected chi connectivity index (χ2v) is 6.51. The lowest BCUT2D eigenvalue weighted by atomic mass is 9.95. The molecule has 134 valence electrons. The number of nitroso groups, excluding NO2 is 1. The molecule has 0 bridgehead atoms. The van der Waals surface area contributed by atoms with Crippen LogP contribution >= 0.6 is 0 Å². The lowest BCUT2D eigenvalue weighted by Gasteiger charge is -2.35. The van der Waals surface area contributed by atoms with Gasteiger partial charge in [-0.25, -0.2) is 5.01 Å². The highest BCUT2D eigenvalue weighted by Crippen LogP contribution is 2.36. The van der Waals surface area contributed by atoms with Crippen LogP contribution in [0.1, 0.15) is 37.2 Å². The quantitative estimate of drug-likeness (QED) is 0.494. The van der Waals surface area contributed by atoms with E-state index in [4.69, 9.17) is 0 Å². The average molecular weight is 350 g/mol. The number of rotatable bonds is 6. The van der Waals surface area contributed by atoms with E-state index in [1.165, 1.54) is 5.01 Å². The highest BCUT2D eigenvalue weighted by Gasteiger charge is 2.40. The number of para-hydroxylation sites is 2. The van der Waals surface area contributed by atoms with Gasteiger partial charge in [0.25, 0.3) is 0 Å². The van der Waals surface area contributed by atoms with Gasteiger partial charge in [0.2, 0.25) is 0 Å². The van der Waals surface area contributed by atoms with Gasteiger partial charge in [-0.05, 0) is 60.9 Å². The predicted molar refractivity (Wildman–Crippen MR) is 101 cm³/mol. The zero-order chi connectivity index (χ0) is 18.7. The van der Waals surface area contributed by atoms with Gasteiger partial charge in [-0.2, -0.15) is 4.68 Å². The Morgan fingerprint density at radius 3 is 2.31 bits per heavy atom. The minimum Gasteiger partial charge on any atom is -0.216 e. The standard InChI is InChI=1S/C19H22N6O/c1-5-19(4,25(23-26)16-12-7-6-8-13-16)18-20-21-22-24(18)17-14(2)10-9-11-15(17)3/h6-13H,5H2,1-4H3/t19-/m1/s1. The Labute approximate surface area is 152 Å². The van der Waals surface area contributed by atoms with E-state index in [-0.39, 0.29) is 0 Å². The van der Waals surface area contributed by atoms with Crippen molar-refractivity contribution in [2.75, 3.05) is 5.01 Å². The van der Waals surface area contributed by atoms with Crippen molar-refractivity contribution in [2.24, 2.45) is 5.29 Å². The maximum absolute atomic E-state index is 11.8. The van der Waals surface area contributed by atoms with Gasteiger partial charge in [-0.3, -0.25) is 0 Å². The highest BCUT2D eigenvalue weighted by molar-refractivity contribution is 5.51. The largest absolute Gasteiger partial charge is 0.216 e. The summed E-state index contributed by atoms with van der Waals surface area (Å²) in [5.41, 5.74) is 2.93. The Morgan fingerprint density at radius 2 is 1.73 bits per heavy atom. The molecule has 7 nitrogen and oxygen atoms in total. The van der Waals surface area contributed by atoms with Crippen molar-refractivity contribution in [3.8, 4) is 5.69 Å². The lowest BCUT2D eigenvalue weighted by Crippen LogP contribution is -2.42. The van der Waals surface area contributed by atoms with Gasteiger partial charge in [-0.15, -0.1) is 10.0 Å². The fourth-order valence-electron chi connectivity index (χ4n) is 3.21. The fourth-order valence-corrected chi connectivity index (χ4v) is 3.21. The monoisotopic (exact) mass is 350 g/mol. The summed E-state index contributed by atoms with van der Waals surface area (Å²) in [7, 11) is 0. The molecule has 0 amide bonds. The van der Waals surface area contributed by atoms with Crippen LogP contribution in [0.2, 0.25) is 0 Å². The third-order valence-electron chi connectivity index (χ3n) is 4.84. The van der Waals surface area contributed by atoms with Gasteiger partial charge in [-0.1, -0.05) is 43.3 Å². The number of hydrogen-bond donors (Lipinski definition) is 0. The zero-order valence-corrected chi connectivity index (χ0v) is 15.4. The van der Waals surface area contributed by atoms with E-state index >= 15 is 0 Å². The molecule has 0 saturated heterocycles. The minimum absolute atomic E-state index is 0.570. The summed E-state index contributed by atoms with van der Waals surface area (Å²) in [5.74, 6) is 0.570. The van der Waals surface area contributed by atoms with Crippen LogP contribution in [0.4, 0.5) is 5.69 Å². The second kappa shape index (κ2) is 7.03. The molecule has 3 rings (SSSR count). The van der Waals surface area contributed by atoms with Gasteiger partial charge >= 0.3 is 0 Å². The van der Waals surface area contributed by atoms with E-state index in [0.717, 1.165) is 16.8 Å². The van der Waals surface area contributed by atoms with Crippen LogP contribution in [0, 0.1) is 18.8 Å². The predicted octanol–water partition coefficient (Wildman–Crippen LogP) is 4.09. The number of tetrazole rings is 1. The normalized spacial score (nSPS) is 13.2. The first-order valence-electron chi connectivity index (χ1n) is 8.57. The Balaban J connectivity index is 2.18. The minimum atomic E-state index is -0.804. The zero-order valence-electron chi connectivity index (χ0n) is 15.4. The van der Waals surface area contributed by atoms with Gasteiger partial charge in [0.15, 0.2) is 5.82 Å². The molecule has 1 atom stereocenters. The van der Waals surface area contributed by atoms with Crippen LogP contribution in [-0.4, -0.2) is 20.2 Å². The number of nitrogens with zero attached hydrogens (tertiary/aromatic N) is 6. The van der Waals surface area contributed by atoms with E-state index in [0.29, 0.717) is 17.9 Å². The molecule has 1 heterocycles. The van der Waals surface area contributed by atoms with Gasteiger partial charge in [0.05, 0.1) is 16.7 Å². The smallest absolute Gasteiger partial charge is 0.184 e. The number of aromatic nitrogens is 4. The molecule has 0 N–H and O–H groups in total. The summed E-state index contributed by atoms with van der Waals surface area (Å²) in [6.45, 7) is 7.95. The molecule has 0 saturated carbocycles. The molecule has 2 aromatic carbocycles. The lowest BCUT2D eigenvalue weighted by molar-refractivity contribution is 0.392. The summed E-state index contributed by atoms with van der Waals surface area (Å²) in [6.07, 6.45) is 0.596. The van der Waals surface area contributed by atoms with Crippen molar-refractivity contribution < 1.29 is 0 Å². The highest BCUT2D eigenvalue weighted by atomic mass is 16.3. The number of anilines is 1. The Bertz CT molecular complexity index is 887. The van der Waals surface area contributed by atoms with E-state index < -0.39 is 5.54 Å². The van der Waals surface area contributed by atoms with Crippen LogP contribution in [0.25, 0.3) is 5.69 Å². The van der Waals surface area contributed by atoms with E-state index in [9.17, 15) is 4.91 Å². The van der Waals surface area contributed by atoms with Gasteiger partial charge in [0.1, 0.15) is 5.54 Å². The molecule has 0 aliphatic heterocycles. The number of benzene rings is 2. The average Bonchev–Trinajstić information content (AvgIpc) is 3.13. The molecular formula is C19H22N6O. The summed E-state index contributed by atoms with van der Waals surface area (Å²) in [5, 5.41) is 17.1. The Morgan fingerprint density at radius 1 is 1.08 bits per heavy atom. The fraction of sp³-hybridized carbons (Fsp3) is 0.316. The first kappa shape index (κ1) is 17.7. The van der Waals surface area contributed by atoms with E-state index in [2.05, 4.69) is 20.8 Å². The maximum atomic E-state index is 11.8. The summed E-state index contributed by atoms with van der Waals surface area (Å²) >= 11 is 0. The van der Waals surface area contributed by atoms with Crippen LogP contribution in [0.5, 0.6) is 0 Å². The topological polar surface area (TPSA) is 76.3 Å². The molecule has 3 aromatic rings. The first-order valence-corrected chi connectivity index (χ1v) is 8.57. The van der Waals surface area contributed by atoms with Crippen molar-refractivity contribution in [1.29, 1.82) is 0 Å². The Hall–Kier alpha value is -3.09. The van der Waals surface area contributed by atoms with Crippen molar-refractivity contribution >= 4 is 5.69 Å². The van der Waals surface area contributed by atoms with Crippen molar-refractivity contribution in [3.05, 3.63) is 70.4 Å². The summed E-state index contributed by atoms with van der Waals surface area (Å²) in [4.78, 5) is 11.8. The molecule has 0 fully saturated rings. The van der Waals surface area contributed by atoms with Crippen LogP contribution in [-0.2, 0) is 5.54 Å². The van der Waals surface area contributed by atoms with Crippen molar-refractivity contribution in [2.45, 2.75) is 39.7 Å². The summed E-state index contributed by atoms with van der Waals surface area (Å²) < 4.78 is 1.72. The van der Waals surface area contributed by atoms with E-state index in [1.807, 2.05) is 76.2 Å². The van der Waals surface area contributed by atoms with Crippen LogP contribution in [0.3, 0.4) is 0 Å². The van der Waals surface area contributed by atoms with E-state index in [1.54, 1.807) is 4.68 Å². The molecule has 0 spiro atoms. The molecular weight excluding hydrogens is 328 g/mol. The molecule has 7 heteroatoms. The van der Waals surface area contributed by atoms with Gasteiger partial charge < -0.3 is 0 Å². The number of aryl methyl sites for hydroxylation is 2. The molecule has 1 aromatic heterocycles. The molecule has 0 aliphatic rings. The third kappa shape index (κ3) is 2.85. The second-order valence-electron chi connectivity index (χ2n) is 6.51. The van der Waals surface area contributed by atoms with Crippen molar-refractivity contribution in [3.63, 3.8) is 0 Å². The molecule has 26 heavy (non-hydrogen) atoms. The maximum Gasteiger partial charge on any atom is 0.184 e. The molecule has 0 radical (unpaired) electrons.